The van der Waals surface area contributed by atoms with E-state index in [4.69, 9.17) is 0 Å². The summed E-state index contributed by atoms with van der Waals surface area (Å²) >= 11 is 0. The van der Waals surface area contributed by atoms with Crippen molar-refractivity contribution in [2.24, 2.45) is 0 Å². The molecular formula is C35H40O6. The van der Waals surface area contributed by atoms with Crippen molar-refractivity contribution in [2.45, 2.75) is 84.5 Å². The molecule has 0 radical (unpaired) electrons. The number of unbranched alkanes of at least 4 members (excludes halogenated alkanes) is 9. The van der Waals surface area contributed by atoms with Gasteiger partial charge in [0.2, 0.25) is 0 Å². The van der Waals surface area contributed by atoms with Gasteiger partial charge in [0.05, 0.1) is 11.1 Å². The molecule has 6 heteroatoms. The van der Waals surface area contributed by atoms with Gasteiger partial charge in [0.15, 0.2) is 11.6 Å². The lowest BCUT2D eigenvalue weighted by Gasteiger charge is -2.12. The molecule has 216 valence electrons. The minimum atomic E-state index is -1.45. The Labute approximate surface area is 242 Å². The highest BCUT2D eigenvalue weighted by molar-refractivity contribution is 6.19. The van der Waals surface area contributed by atoms with Crippen molar-refractivity contribution in [1.82, 2.24) is 0 Å². The van der Waals surface area contributed by atoms with Crippen LogP contribution in [0.1, 0.15) is 135 Å². The van der Waals surface area contributed by atoms with Crippen molar-refractivity contribution in [3.8, 4) is 0 Å². The van der Waals surface area contributed by atoms with Gasteiger partial charge < -0.3 is 10.2 Å². The second-order valence-electron chi connectivity index (χ2n) is 10.7. The SMILES string of the molecule is CCCCCCCCCCCCc1ccc(C(=O)c2cc(C(=O)c3ccc(C)cc3)c(C(=O)O)cc2C(=O)O)cc1. The maximum Gasteiger partial charge on any atom is 0.336 e. The Morgan fingerprint density at radius 1 is 0.537 bits per heavy atom. The first kappa shape index (κ1) is 31.5. The van der Waals surface area contributed by atoms with Crippen LogP contribution in [-0.2, 0) is 6.42 Å². The second kappa shape index (κ2) is 15.7. The summed E-state index contributed by atoms with van der Waals surface area (Å²) in [7, 11) is 0. The first-order valence-electron chi connectivity index (χ1n) is 14.6. The van der Waals surface area contributed by atoms with Gasteiger partial charge in [0, 0.05) is 22.3 Å². The van der Waals surface area contributed by atoms with Crippen LogP contribution in [0, 0.1) is 6.92 Å². The van der Waals surface area contributed by atoms with E-state index in [0.29, 0.717) is 0 Å². The van der Waals surface area contributed by atoms with E-state index in [9.17, 15) is 29.4 Å². The zero-order valence-electron chi connectivity index (χ0n) is 24.1. The summed E-state index contributed by atoms with van der Waals surface area (Å²) < 4.78 is 0. The molecular weight excluding hydrogens is 516 g/mol. The molecule has 0 heterocycles. The summed E-state index contributed by atoms with van der Waals surface area (Å²) in [6, 6.07) is 15.7. The summed E-state index contributed by atoms with van der Waals surface area (Å²) in [6.07, 6.45) is 13.5. The van der Waals surface area contributed by atoms with E-state index in [2.05, 4.69) is 6.92 Å². The maximum absolute atomic E-state index is 13.4. The number of carboxylic acids is 2. The molecule has 0 bridgehead atoms. The van der Waals surface area contributed by atoms with Gasteiger partial charge in [-0.1, -0.05) is 119 Å². The fraction of sp³-hybridized carbons (Fsp3) is 0.371. The smallest absolute Gasteiger partial charge is 0.336 e. The highest BCUT2D eigenvalue weighted by Gasteiger charge is 2.26. The molecule has 0 atom stereocenters. The molecule has 0 aliphatic carbocycles. The van der Waals surface area contributed by atoms with Gasteiger partial charge >= 0.3 is 11.9 Å². The van der Waals surface area contributed by atoms with Crippen LogP contribution in [-0.4, -0.2) is 33.7 Å². The Balaban J connectivity index is 1.71. The molecule has 0 aromatic heterocycles. The molecule has 0 unspecified atom stereocenters. The van der Waals surface area contributed by atoms with Gasteiger partial charge in [-0.15, -0.1) is 0 Å². The normalized spacial score (nSPS) is 10.9. The minimum Gasteiger partial charge on any atom is -0.478 e. The third-order valence-electron chi connectivity index (χ3n) is 7.46. The molecule has 0 spiro atoms. The molecule has 0 amide bonds. The molecule has 0 fully saturated rings. The minimum absolute atomic E-state index is 0.222. The maximum atomic E-state index is 13.4. The molecule has 0 aliphatic heterocycles. The Hall–Kier alpha value is -4.06. The Kier molecular flexibility index (Phi) is 12.0. The lowest BCUT2D eigenvalue weighted by molar-refractivity contribution is 0.0690. The molecule has 3 aromatic rings. The lowest BCUT2D eigenvalue weighted by Crippen LogP contribution is -2.17. The van der Waals surface area contributed by atoms with Crippen LogP contribution in [0.4, 0.5) is 0 Å². The topological polar surface area (TPSA) is 109 Å². The van der Waals surface area contributed by atoms with Crippen molar-refractivity contribution < 1.29 is 29.4 Å². The van der Waals surface area contributed by atoms with Crippen LogP contribution < -0.4 is 0 Å². The number of aryl methyl sites for hydroxylation is 2. The quantitative estimate of drug-likeness (QED) is 0.128. The van der Waals surface area contributed by atoms with E-state index in [1.54, 1.807) is 36.4 Å². The average Bonchev–Trinajstić information content (AvgIpc) is 2.97. The molecule has 3 aromatic carbocycles. The Morgan fingerprint density at radius 2 is 0.927 bits per heavy atom. The summed E-state index contributed by atoms with van der Waals surface area (Å²) in [6.45, 7) is 4.09. The van der Waals surface area contributed by atoms with E-state index < -0.39 is 34.6 Å². The van der Waals surface area contributed by atoms with Crippen LogP contribution in [0.3, 0.4) is 0 Å². The summed E-state index contributed by atoms with van der Waals surface area (Å²) in [4.78, 5) is 50.6. The number of hydrogen-bond acceptors (Lipinski definition) is 4. The fourth-order valence-corrected chi connectivity index (χ4v) is 4.98. The van der Waals surface area contributed by atoms with Crippen LogP contribution in [0.25, 0.3) is 0 Å². The van der Waals surface area contributed by atoms with E-state index in [1.165, 1.54) is 51.4 Å². The van der Waals surface area contributed by atoms with Crippen molar-refractivity contribution in [1.29, 1.82) is 0 Å². The number of ketones is 2. The van der Waals surface area contributed by atoms with Gasteiger partial charge in [0.25, 0.3) is 0 Å². The first-order chi connectivity index (χ1) is 19.7. The van der Waals surface area contributed by atoms with Crippen LogP contribution in [0.15, 0.2) is 60.7 Å². The van der Waals surface area contributed by atoms with E-state index >= 15 is 0 Å². The molecule has 3 rings (SSSR count). The highest BCUT2D eigenvalue weighted by atomic mass is 16.4. The zero-order valence-corrected chi connectivity index (χ0v) is 24.1. The summed E-state index contributed by atoms with van der Waals surface area (Å²) in [5, 5.41) is 19.5. The van der Waals surface area contributed by atoms with Crippen molar-refractivity contribution in [3.05, 3.63) is 105 Å². The third kappa shape index (κ3) is 8.97. The van der Waals surface area contributed by atoms with Crippen molar-refractivity contribution >= 4 is 23.5 Å². The first-order valence-corrected chi connectivity index (χ1v) is 14.6. The van der Waals surface area contributed by atoms with Gasteiger partial charge in [-0.2, -0.15) is 0 Å². The lowest BCUT2D eigenvalue weighted by atomic mass is 9.89. The van der Waals surface area contributed by atoms with Crippen LogP contribution in [0.2, 0.25) is 0 Å². The largest absolute Gasteiger partial charge is 0.478 e. The second-order valence-corrected chi connectivity index (χ2v) is 10.7. The number of aromatic carboxylic acids is 2. The third-order valence-corrected chi connectivity index (χ3v) is 7.46. The van der Waals surface area contributed by atoms with Gasteiger partial charge in [0.1, 0.15) is 0 Å². The predicted octanol–water partition coefficient (Wildman–Crippen LogP) is 8.32. The number of carbonyl (C=O) groups is 4. The molecule has 0 aliphatic rings. The van der Waals surface area contributed by atoms with E-state index in [0.717, 1.165) is 42.5 Å². The zero-order chi connectivity index (χ0) is 29.8. The average molecular weight is 557 g/mol. The number of carboxylic acid groups (broad SMARTS) is 2. The van der Waals surface area contributed by atoms with Crippen LogP contribution in [0.5, 0.6) is 0 Å². The van der Waals surface area contributed by atoms with Gasteiger partial charge in [-0.3, -0.25) is 9.59 Å². The molecule has 0 saturated carbocycles. The number of carbonyl (C=O) groups excluding carboxylic acids is 2. The van der Waals surface area contributed by atoms with E-state index in [-0.39, 0.29) is 22.3 Å². The van der Waals surface area contributed by atoms with Crippen molar-refractivity contribution in [3.63, 3.8) is 0 Å². The number of hydrogen-bond donors (Lipinski definition) is 2. The Bertz CT molecular complexity index is 1350. The monoisotopic (exact) mass is 556 g/mol. The molecule has 41 heavy (non-hydrogen) atoms. The summed E-state index contributed by atoms with van der Waals surface area (Å²) in [5.41, 5.74) is 1.17. The fourth-order valence-electron chi connectivity index (χ4n) is 4.98. The van der Waals surface area contributed by atoms with Gasteiger partial charge in [-0.05, 0) is 37.5 Å². The molecule has 6 nitrogen and oxygen atoms in total. The number of rotatable bonds is 17. The molecule has 0 saturated heterocycles. The standard InChI is InChI=1S/C35H40O6/c1-3-4-5-6-7-8-9-10-11-12-13-25-16-20-27(21-17-25)33(37)29-22-28(30(34(38)39)23-31(29)35(40)41)32(36)26-18-14-24(2)15-19-26/h14-23H,3-13H2,1-2H3,(H,38,39)(H,40,41). The molecule has 2 N–H and O–H groups in total. The van der Waals surface area contributed by atoms with E-state index in [1.807, 2.05) is 19.1 Å². The summed E-state index contributed by atoms with van der Waals surface area (Å²) in [5.74, 6) is -4.07. The van der Waals surface area contributed by atoms with Crippen LogP contribution >= 0.6 is 0 Å². The number of benzene rings is 3. The van der Waals surface area contributed by atoms with Crippen molar-refractivity contribution in [2.75, 3.05) is 0 Å². The van der Waals surface area contributed by atoms with Gasteiger partial charge in [-0.25, -0.2) is 9.59 Å². The Morgan fingerprint density at radius 3 is 1.37 bits per heavy atom. The predicted molar refractivity (Wildman–Crippen MR) is 160 cm³/mol. The highest BCUT2D eigenvalue weighted by Crippen LogP contribution is 2.24.